The molecule has 1 amide bonds. The summed E-state index contributed by atoms with van der Waals surface area (Å²) in [6.45, 7) is 10.7. The van der Waals surface area contributed by atoms with Crippen LogP contribution >= 0.6 is 0 Å². The normalized spacial score (nSPS) is 23.5. The van der Waals surface area contributed by atoms with Gasteiger partial charge in [0.05, 0.1) is 17.7 Å². The van der Waals surface area contributed by atoms with Gasteiger partial charge in [0.15, 0.2) is 5.65 Å². The molecule has 0 aromatic carbocycles. The van der Waals surface area contributed by atoms with Crippen molar-refractivity contribution in [3.8, 4) is 0 Å². The van der Waals surface area contributed by atoms with E-state index in [1.165, 1.54) is 0 Å². The molecule has 2 N–H and O–H groups in total. The monoisotopic (exact) mass is 436 g/mol. The Morgan fingerprint density at radius 2 is 2.09 bits per heavy atom. The second-order valence-electron chi connectivity index (χ2n) is 9.32. The number of allylic oxidation sites excluding steroid dienone is 3. The number of nitrogens with zero attached hydrogens (tertiary/aromatic N) is 5. The van der Waals surface area contributed by atoms with E-state index in [1.807, 2.05) is 54.6 Å². The molecule has 0 saturated carbocycles. The van der Waals surface area contributed by atoms with Crippen molar-refractivity contribution in [1.82, 2.24) is 19.5 Å². The lowest BCUT2D eigenvalue weighted by molar-refractivity contribution is -0.137. The van der Waals surface area contributed by atoms with Gasteiger partial charge in [0.25, 0.3) is 0 Å². The lowest BCUT2D eigenvalue weighted by Gasteiger charge is -2.36. The van der Waals surface area contributed by atoms with E-state index in [2.05, 4.69) is 17.9 Å². The lowest BCUT2D eigenvalue weighted by atomic mass is 9.94. The molecule has 7 nitrogen and oxygen atoms in total. The van der Waals surface area contributed by atoms with Crippen molar-refractivity contribution in [2.45, 2.75) is 65.5 Å². The van der Waals surface area contributed by atoms with Crippen LogP contribution in [0.5, 0.6) is 0 Å². The number of fused-ring (bicyclic) bond motifs is 1. The molecule has 2 aliphatic rings. The predicted octanol–water partition coefficient (Wildman–Crippen LogP) is 3.79. The maximum atomic E-state index is 13.4. The van der Waals surface area contributed by atoms with Crippen LogP contribution in [-0.2, 0) is 4.79 Å². The molecule has 7 heteroatoms. The molecule has 3 unspecified atom stereocenters. The lowest BCUT2D eigenvalue weighted by Crippen LogP contribution is -2.41. The van der Waals surface area contributed by atoms with E-state index in [0.717, 1.165) is 73.6 Å². The quantitative estimate of drug-likeness (QED) is 0.722. The first kappa shape index (κ1) is 22.5. The summed E-state index contributed by atoms with van der Waals surface area (Å²) in [6.07, 6.45) is 12.1. The number of carbonyl (C=O) groups is 1. The molecule has 172 valence electrons. The molecule has 0 bridgehead atoms. The van der Waals surface area contributed by atoms with Gasteiger partial charge in [-0.25, -0.2) is 9.50 Å². The highest BCUT2D eigenvalue weighted by Crippen LogP contribution is 2.33. The Hall–Kier alpha value is -2.67. The molecule has 2 aromatic rings. The Kier molecular flexibility index (Phi) is 6.65. The van der Waals surface area contributed by atoms with Crippen LogP contribution in [-0.4, -0.2) is 51.1 Å². The Labute approximate surface area is 191 Å². The number of aryl methyl sites for hydroxylation is 1. The average Bonchev–Trinajstić information content (AvgIpc) is 3.41. The zero-order valence-electron chi connectivity index (χ0n) is 19.8. The Bertz CT molecular complexity index is 1040. The highest BCUT2D eigenvalue weighted by molar-refractivity contribution is 5.81. The second kappa shape index (κ2) is 9.45. The number of carbonyl (C=O) groups excluding carboxylic acids is 1. The van der Waals surface area contributed by atoms with Crippen LogP contribution in [0.1, 0.15) is 63.8 Å². The van der Waals surface area contributed by atoms with Crippen LogP contribution in [0.3, 0.4) is 0 Å². The summed E-state index contributed by atoms with van der Waals surface area (Å²) in [7, 11) is 0. The highest BCUT2D eigenvalue weighted by Gasteiger charge is 2.33. The van der Waals surface area contributed by atoms with Crippen molar-refractivity contribution >= 4 is 17.4 Å². The number of piperidine rings is 1. The van der Waals surface area contributed by atoms with Crippen LogP contribution in [0, 0.1) is 12.8 Å². The van der Waals surface area contributed by atoms with E-state index in [1.54, 1.807) is 0 Å². The molecule has 0 radical (unpaired) electrons. The topological polar surface area (TPSA) is 79.8 Å². The predicted molar refractivity (Wildman–Crippen MR) is 129 cm³/mol. The molecule has 3 atom stereocenters. The van der Waals surface area contributed by atoms with E-state index >= 15 is 0 Å². The molecule has 0 spiro atoms. The van der Waals surface area contributed by atoms with Gasteiger partial charge in [-0.05, 0) is 53.4 Å². The van der Waals surface area contributed by atoms with Gasteiger partial charge in [-0.1, -0.05) is 23.8 Å². The van der Waals surface area contributed by atoms with Crippen molar-refractivity contribution in [2.24, 2.45) is 11.7 Å². The Balaban J connectivity index is 1.62. The Morgan fingerprint density at radius 3 is 2.81 bits per heavy atom. The third-order valence-corrected chi connectivity index (χ3v) is 6.88. The fourth-order valence-electron chi connectivity index (χ4n) is 4.82. The van der Waals surface area contributed by atoms with E-state index in [9.17, 15) is 4.79 Å². The van der Waals surface area contributed by atoms with Crippen molar-refractivity contribution < 1.29 is 4.79 Å². The zero-order chi connectivity index (χ0) is 22.8. The summed E-state index contributed by atoms with van der Waals surface area (Å²) in [4.78, 5) is 22.6. The summed E-state index contributed by atoms with van der Waals surface area (Å²) in [6, 6.07) is 2.27. The Morgan fingerprint density at radius 1 is 1.28 bits per heavy atom. The number of amides is 1. The summed E-state index contributed by atoms with van der Waals surface area (Å²) >= 11 is 0. The van der Waals surface area contributed by atoms with Crippen molar-refractivity contribution in [1.29, 1.82) is 0 Å². The molecule has 2 fully saturated rings. The number of hydrogen-bond donors (Lipinski definition) is 1. The minimum atomic E-state index is -0.143. The number of rotatable bonds is 5. The SMILES string of the molecule is CC=CC=C(C)C(C)C(=O)N1CCCCC1c1cc2nc(N3CCC(N)C3)c(C)cn2n1. The fraction of sp³-hybridized carbons (Fsp3) is 0.560. The fourth-order valence-corrected chi connectivity index (χ4v) is 4.82. The van der Waals surface area contributed by atoms with E-state index in [-0.39, 0.29) is 23.9 Å². The first-order chi connectivity index (χ1) is 15.4. The summed E-state index contributed by atoms with van der Waals surface area (Å²) in [5.74, 6) is 1.03. The molecular formula is C25H36N6O. The van der Waals surface area contributed by atoms with Crippen LogP contribution < -0.4 is 10.6 Å². The molecule has 0 aliphatic carbocycles. The van der Waals surface area contributed by atoms with Gasteiger partial charge >= 0.3 is 0 Å². The van der Waals surface area contributed by atoms with Gasteiger partial charge < -0.3 is 15.5 Å². The van der Waals surface area contributed by atoms with Gasteiger partial charge in [0, 0.05) is 43.5 Å². The van der Waals surface area contributed by atoms with Crippen LogP contribution in [0.2, 0.25) is 0 Å². The zero-order valence-corrected chi connectivity index (χ0v) is 19.8. The second-order valence-corrected chi connectivity index (χ2v) is 9.32. The van der Waals surface area contributed by atoms with Crippen molar-refractivity contribution in [2.75, 3.05) is 24.5 Å². The average molecular weight is 437 g/mol. The molecule has 2 saturated heterocycles. The number of nitrogens with two attached hydrogens (primary N) is 1. The molecular weight excluding hydrogens is 400 g/mol. The maximum absolute atomic E-state index is 13.4. The molecule has 4 rings (SSSR count). The number of aromatic nitrogens is 3. The number of likely N-dealkylation sites (tertiary alicyclic amines) is 1. The van der Waals surface area contributed by atoms with E-state index in [0.29, 0.717) is 0 Å². The summed E-state index contributed by atoms with van der Waals surface area (Å²) < 4.78 is 1.86. The van der Waals surface area contributed by atoms with Gasteiger partial charge in [-0.2, -0.15) is 5.10 Å². The van der Waals surface area contributed by atoms with Gasteiger partial charge in [-0.15, -0.1) is 0 Å². The molecule has 32 heavy (non-hydrogen) atoms. The van der Waals surface area contributed by atoms with Crippen LogP contribution in [0.15, 0.2) is 36.1 Å². The van der Waals surface area contributed by atoms with Crippen LogP contribution in [0.4, 0.5) is 5.82 Å². The standard InChI is InChI=1S/C25H36N6O/c1-5-6-9-17(2)19(4)25(32)30-12-8-7-10-22(30)21-14-23-27-24(18(3)15-31(23)28-21)29-13-11-20(26)16-29/h5-6,9,14-15,19-20,22H,7-8,10-13,16,26H2,1-4H3. The van der Waals surface area contributed by atoms with E-state index in [4.69, 9.17) is 15.8 Å². The van der Waals surface area contributed by atoms with Crippen molar-refractivity contribution in [3.63, 3.8) is 0 Å². The maximum Gasteiger partial charge on any atom is 0.230 e. The summed E-state index contributed by atoms with van der Waals surface area (Å²) in [5, 5.41) is 4.86. The van der Waals surface area contributed by atoms with Gasteiger partial charge in [0.2, 0.25) is 5.91 Å². The molecule has 2 aliphatic heterocycles. The highest BCUT2D eigenvalue weighted by atomic mass is 16.2. The number of anilines is 1. The third-order valence-electron chi connectivity index (χ3n) is 6.88. The smallest absolute Gasteiger partial charge is 0.230 e. The van der Waals surface area contributed by atoms with Gasteiger partial charge in [0.1, 0.15) is 5.82 Å². The largest absolute Gasteiger partial charge is 0.355 e. The van der Waals surface area contributed by atoms with Gasteiger partial charge in [-0.3, -0.25) is 4.79 Å². The third kappa shape index (κ3) is 4.44. The molecule has 2 aromatic heterocycles. The summed E-state index contributed by atoms with van der Waals surface area (Å²) in [5.41, 5.74) is 10.0. The number of hydrogen-bond acceptors (Lipinski definition) is 5. The van der Waals surface area contributed by atoms with E-state index < -0.39 is 0 Å². The van der Waals surface area contributed by atoms with Crippen molar-refractivity contribution in [3.05, 3.63) is 47.3 Å². The minimum Gasteiger partial charge on any atom is -0.355 e. The first-order valence-corrected chi connectivity index (χ1v) is 11.9. The van der Waals surface area contributed by atoms with Crippen LogP contribution in [0.25, 0.3) is 5.65 Å². The first-order valence-electron chi connectivity index (χ1n) is 11.9. The molecule has 4 heterocycles. The minimum absolute atomic E-state index is 0.00103.